The van der Waals surface area contributed by atoms with E-state index in [1.165, 1.54) is 36.4 Å². The number of hydrogen-bond acceptors (Lipinski definition) is 3. The molecule has 0 radical (unpaired) electrons. The Hall–Kier alpha value is -6.60. The summed E-state index contributed by atoms with van der Waals surface area (Å²) in [5.74, 6) is -37.0. The molecule has 21 heteroatoms. The Balaban J connectivity index is 0.00000576. The molecule has 0 spiro atoms. The number of benzene rings is 4. The first kappa shape index (κ1) is 45.0. The van der Waals surface area contributed by atoms with E-state index in [-0.39, 0.29) is 41.8 Å². The van der Waals surface area contributed by atoms with Crippen LogP contribution in [0.2, 0.25) is 0 Å². The molecule has 0 fully saturated rings. The summed E-state index contributed by atoms with van der Waals surface area (Å²) in [7, 11) is 0. The second kappa shape index (κ2) is 16.4. The van der Waals surface area contributed by atoms with Gasteiger partial charge in [-0.2, -0.15) is 0 Å². The summed E-state index contributed by atoms with van der Waals surface area (Å²) in [6.07, 6.45) is 3.77. The maximum atomic E-state index is 15.8. The van der Waals surface area contributed by atoms with Crippen molar-refractivity contribution in [2.24, 2.45) is 0 Å². The van der Waals surface area contributed by atoms with E-state index in [9.17, 15) is 39.5 Å². The fourth-order valence-corrected chi connectivity index (χ4v) is 7.40. The quantitative estimate of drug-likeness (QED) is 0.0628. The van der Waals surface area contributed by atoms with Gasteiger partial charge in [0, 0.05) is 4.90 Å². The molecule has 2 aliphatic heterocycles. The third kappa shape index (κ3) is 6.93. The molecule has 65 heavy (non-hydrogen) atoms. The summed E-state index contributed by atoms with van der Waals surface area (Å²) in [5, 5.41) is 0. The van der Waals surface area contributed by atoms with Gasteiger partial charge in [0.1, 0.15) is 0 Å². The predicted octanol–water partition coefficient (Wildman–Crippen LogP) is 13.0. The number of halogens is 15. The molecule has 8 bridgehead atoms. The molecular formula is C44H13F15N4SZn. The second-order valence-electron chi connectivity index (χ2n) is 13.7. The Morgan fingerprint density at radius 2 is 0.523 bits per heavy atom. The maximum absolute atomic E-state index is 15.8. The van der Waals surface area contributed by atoms with Crippen molar-refractivity contribution in [3.05, 3.63) is 159 Å². The van der Waals surface area contributed by atoms with Crippen LogP contribution in [0.3, 0.4) is 0 Å². The minimum atomic E-state index is -2.63. The summed E-state index contributed by atoms with van der Waals surface area (Å²) in [4.78, 5) is 17.4. The summed E-state index contributed by atoms with van der Waals surface area (Å²) >= 11 is 4.26. The Morgan fingerprint density at radius 3 is 0.800 bits per heavy atom. The average molecular weight is 980 g/mol. The minimum absolute atomic E-state index is 0. The maximum Gasteiger partial charge on any atom is 2.00 e. The van der Waals surface area contributed by atoms with Gasteiger partial charge in [0.05, 0.1) is 39.5 Å². The number of nitrogens with zero attached hydrogens (tertiary/aromatic N) is 4. The van der Waals surface area contributed by atoms with E-state index in [0.717, 1.165) is 36.4 Å². The number of rotatable bonds is 4. The zero-order valence-electron chi connectivity index (χ0n) is 31.5. The number of hydrogen-bond donors (Lipinski definition) is 1. The minimum Gasteiger partial charge on any atom is -0.657 e. The molecule has 0 unspecified atom stereocenters. The average Bonchev–Trinajstić information content (AvgIpc) is 4.14. The van der Waals surface area contributed by atoms with Crippen LogP contribution < -0.4 is 9.97 Å². The van der Waals surface area contributed by atoms with E-state index in [1.54, 1.807) is 0 Å². The molecule has 0 saturated heterocycles. The SMILES string of the molecule is Fc1c(F)c(F)c(-c2c3nc(c(-c4c(F)c(F)c(F)c(F)c4F)c4ccc([n-]4)c(-c4c(F)c(F)c(F)c(F)c4F)c4nc(c(-c5ccc(S)cc5)c5ccc2[n-]5)C=C4)C=C3)c(F)c1F.[Zn+2]. The summed E-state index contributed by atoms with van der Waals surface area (Å²) < 4.78 is 227. The van der Waals surface area contributed by atoms with Crippen LogP contribution in [-0.2, 0) is 19.5 Å². The van der Waals surface area contributed by atoms with Gasteiger partial charge in [0.2, 0.25) is 17.5 Å². The number of aromatic nitrogens is 4. The van der Waals surface area contributed by atoms with Gasteiger partial charge in [-0.25, -0.2) is 75.8 Å². The van der Waals surface area contributed by atoms with Gasteiger partial charge in [0.15, 0.2) is 69.8 Å². The van der Waals surface area contributed by atoms with Gasteiger partial charge in [-0.05, 0) is 64.3 Å². The van der Waals surface area contributed by atoms with E-state index in [4.69, 9.17) is 0 Å². The number of fused-ring (bicyclic) bond motifs is 8. The van der Waals surface area contributed by atoms with E-state index >= 15 is 26.3 Å². The molecule has 0 N–H and O–H groups in total. The molecule has 0 amide bonds. The zero-order valence-corrected chi connectivity index (χ0v) is 35.4. The number of thiol groups is 1. The van der Waals surface area contributed by atoms with Crippen LogP contribution in [0.15, 0.2) is 53.4 Å². The van der Waals surface area contributed by atoms with Crippen LogP contribution in [0, 0.1) is 87.3 Å². The fourth-order valence-electron chi connectivity index (χ4n) is 7.25. The first-order valence-electron chi connectivity index (χ1n) is 17.8. The van der Waals surface area contributed by atoms with Crippen LogP contribution >= 0.6 is 12.6 Å². The molecular weight excluding hydrogens is 967 g/mol. The van der Waals surface area contributed by atoms with Gasteiger partial charge < -0.3 is 9.97 Å². The third-order valence-electron chi connectivity index (χ3n) is 10.1. The van der Waals surface area contributed by atoms with Gasteiger partial charge in [0.25, 0.3) is 0 Å². The van der Waals surface area contributed by atoms with Crippen LogP contribution in [0.4, 0.5) is 65.9 Å². The van der Waals surface area contributed by atoms with Gasteiger partial charge in [-0.1, -0.05) is 36.4 Å². The van der Waals surface area contributed by atoms with E-state index in [0.29, 0.717) is 4.90 Å². The van der Waals surface area contributed by atoms with Gasteiger partial charge >= 0.3 is 19.5 Å². The van der Waals surface area contributed by atoms with E-state index in [1.807, 2.05) is 0 Å². The van der Waals surface area contributed by atoms with Crippen LogP contribution in [0.1, 0.15) is 22.8 Å². The predicted molar refractivity (Wildman–Crippen MR) is 205 cm³/mol. The molecule has 322 valence electrons. The largest absolute Gasteiger partial charge is 2.00 e. The molecule has 3 aromatic heterocycles. The summed E-state index contributed by atoms with van der Waals surface area (Å²) in [6, 6.07) is 9.68. The standard InChI is InChI=1S/C44H13F15N4S.Zn/c45-30-27(31(46)37(52)42(57)36(30)51)24-17-7-5-15(60-17)23(13-1-3-14(64)4-2-13)16-6-8-18(61-16)25(28-32(47)38(53)43(58)39(54)33(28)48)20-10-12-22(63-20)26(21-11-9-19(24)62-21)29-34(49)40(55)44(59)41(56)35(29)50;/h1-12H,(H-2,60,61,62,63,64);/q-2;+2. The molecule has 0 saturated carbocycles. The Kier molecular flexibility index (Phi) is 11.4. The van der Waals surface area contributed by atoms with E-state index < -0.39 is 154 Å². The molecule has 2 aliphatic rings. The third-order valence-corrected chi connectivity index (χ3v) is 10.4. The van der Waals surface area contributed by atoms with E-state index in [2.05, 4.69) is 32.6 Å². The van der Waals surface area contributed by atoms with Crippen molar-refractivity contribution in [2.45, 2.75) is 4.90 Å². The molecule has 4 nitrogen and oxygen atoms in total. The zero-order chi connectivity index (χ0) is 45.8. The van der Waals surface area contributed by atoms with Crippen molar-refractivity contribution in [3.8, 4) is 44.5 Å². The Bertz CT molecular complexity index is 3320. The molecule has 4 aromatic carbocycles. The molecule has 5 heterocycles. The Morgan fingerprint density at radius 1 is 0.292 bits per heavy atom. The van der Waals surface area contributed by atoms with Crippen molar-refractivity contribution in [2.75, 3.05) is 0 Å². The normalized spacial score (nSPS) is 12.1. The van der Waals surface area contributed by atoms with Gasteiger partial charge in [-0.3, -0.25) is 0 Å². The van der Waals surface area contributed by atoms with Crippen molar-refractivity contribution in [1.82, 2.24) is 19.9 Å². The van der Waals surface area contributed by atoms with Crippen molar-refractivity contribution in [1.29, 1.82) is 0 Å². The van der Waals surface area contributed by atoms with Crippen molar-refractivity contribution in [3.63, 3.8) is 0 Å². The van der Waals surface area contributed by atoms with Gasteiger partial charge in [-0.15, -0.1) is 34.7 Å². The summed E-state index contributed by atoms with van der Waals surface area (Å²) in [6.45, 7) is 0. The smallest absolute Gasteiger partial charge is 0.657 e. The molecule has 9 rings (SSSR count). The molecule has 7 aromatic rings. The topological polar surface area (TPSA) is 54.0 Å². The van der Waals surface area contributed by atoms with Crippen molar-refractivity contribution >= 4 is 59.0 Å². The molecule has 0 aliphatic carbocycles. The van der Waals surface area contributed by atoms with Crippen molar-refractivity contribution < 1.29 is 85.3 Å². The summed E-state index contributed by atoms with van der Waals surface area (Å²) in [5.41, 5.74) is -12.7. The fraction of sp³-hybridized carbons (Fsp3) is 0. The first-order valence-corrected chi connectivity index (χ1v) is 18.3. The van der Waals surface area contributed by atoms with Crippen LogP contribution in [0.25, 0.3) is 90.9 Å². The second-order valence-corrected chi connectivity index (χ2v) is 14.3. The van der Waals surface area contributed by atoms with Crippen LogP contribution in [0.5, 0.6) is 0 Å². The first-order chi connectivity index (χ1) is 30.4. The van der Waals surface area contributed by atoms with Crippen LogP contribution in [-0.4, -0.2) is 9.97 Å². The Labute approximate surface area is 371 Å². The molecule has 0 atom stereocenters. The monoisotopic (exact) mass is 978 g/mol.